The molecule has 0 aromatic heterocycles. The summed E-state index contributed by atoms with van der Waals surface area (Å²) >= 11 is 0. The quantitative estimate of drug-likeness (QED) is 0.154. The number of hydrogen-bond acceptors (Lipinski definition) is 3. The average molecular weight is 1040 g/mol. The Balaban J connectivity index is 1.10. The molecule has 4 heterocycles. The van der Waals surface area contributed by atoms with Crippen molar-refractivity contribution in [3.63, 3.8) is 0 Å². The first-order chi connectivity index (χ1) is 37.8. The molecule has 0 spiro atoms. The van der Waals surface area contributed by atoms with Crippen LogP contribution in [0.1, 0.15) is 124 Å². The molecule has 1 fully saturated rings. The number of rotatable bonds is 6. The van der Waals surface area contributed by atoms with Crippen LogP contribution in [0.2, 0.25) is 0 Å². The van der Waals surface area contributed by atoms with Crippen molar-refractivity contribution in [2.24, 2.45) is 0 Å². The summed E-state index contributed by atoms with van der Waals surface area (Å²) in [5.74, 6) is 0. The van der Waals surface area contributed by atoms with E-state index in [1.165, 1.54) is 135 Å². The van der Waals surface area contributed by atoms with E-state index < -0.39 is 8.07 Å². The molecular formula is C74H74BN3Si. The van der Waals surface area contributed by atoms with Crippen LogP contribution < -0.4 is 51.8 Å². The SMILES string of the molecule is CC(C)(C)c1ccc(-c2ccc(N3c4cc(N5c6ccc(C(C)(C)C)cc6C6(C)CCCCC56C)cc5c4B4c6c3cccc6[Si](c3ccccc3)(c3ccccc3)c3cccc(c34)N5c3ccc(C(C)(C)C)cc3)cc2)cc1. The van der Waals surface area contributed by atoms with Gasteiger partial charge < -0.3 is 14.7 Å². The normalized spacial score (nSPS) is 19.5. The molecule has 0 bridgehead atoms. The van der Waals surface area contributed by atoms with E-state index >= 15 is 0 Å². The van der Waals surface area contributed by atoms with Gasteiger partial charge in [0.05, 0.1) is 5.54 Å². The van der Waals surface area contributed by atoms with E-state index in [0.29, 0.717) is 0 Å². The summed E-state index contributed by atoms with van der Waals surface area (Å²) in [7, 11) is -3.01. The summed E-state index contributed by atoms with van der Waals surface area (Å²) in [4.78, 5) is 8.19. The highest BCUT2D eigenvalue weighted by Gasteiger charge is 2.60. The highest BCUT2D eigenvalue weighted by Crippen LogP contribution is 2.62. The Labute approximate surface area is 472 Å². The van der Waals surface area contributed by atoms with Crippen molar-refractivity contribution in [3.05, 3.63) is 222 Å². The van der Waals surface area contributed by atoms with Crippen molar-refractivity contribution in [1.29, 1.82) is 0 Å². The first-order valence-corrected chi connectivity index (χ1v) is 31.3. The average Bonchev–Trinajstić information content (AvgIpc) is 2.31. The molecule has 5 heteroatoms. The third kappa shape index (κ3) is 7.16. The lowest BCUT2D eigenvalue weighted by atomic mass is 9.33. The van der Waals surface area contributed by atoms with Crippen molar-refractivity contribution in [3.8, 4) is 11.1 Å². The zero-order valence-electron chi connectivity index (χ0n) is 48.3. The zero-order valence-corrected chi connectivity index (χ0v) is 49.3. The molecule has 0 radical (unpaired) electrons. The molecule has 2 atom stereocenters. The lowest BCUT2D eigenvalue weighted by Gasteiger charge is -2.53. The van der Waals surface area contributed by atoms with Crippen molar-refractivity contribution in [2.75, 3.05) is 14.7 Å². The van der Waals surface area contributed by atoms with Gasteiger partial charge in [0, 0.05) is 50.9 Å². The fourth-order valence-electron chi connectivity index (χ4n) is 15.4. The Morgan fingerprint density at radius 3 is 1.33 bits per heavy atom. The Bertz CT molecular complexity index is 3840. The number of anilines is 8. The van der Waals surface area contributed by atoms with Gasteiger partial charge in [-0.25, -0.2) is 0 Å². The van der Waals surface area contributed by atoms with Crippen LogP contribution in [-0.2, 0) is 21.7 Å². The van der Waals surface area contributed by atoms with Crippen LogP contribution in [0.3, 0.4) is 0 Å². The topological polar surface area (TPSA) is 9.72 Å². The van der Waals surface area contributed by atoms with E-state index in [1.54, 1.807) is 0 Å². The lowest BCUT2D eigenvalue weighted by Crippen LogP contribution is -2.88. The standard InChI is InChI=1S/C74H74BN3Si/c1-70(2,3)51-34-30-49(31-35-51)50-32-39-54(40-33-50)76-61-26-20-28-65-68(61)75-67-63(76)47-56(78-60-43-38-53(72(7,8)9)46-59(60)73(10)44-18-19-45-74(73,78)11)48-64(67)77(55-41-36-52(37-42-55)71(4,5)6)62-27-21-29-66(69(62)75)79(65,57-22-14-12-15-23-57)58-24-16-13-17-25-58/h12-17,20-43,46-48H,18-19,44-45H2,1-11H3. The van der Waals surface area contributed by atoms with Crippen molar-refractivity contribution in [2.45, 2.75) is 129 Å². The minimum absolute atomic E-state index is 0.00203. The van der Waals surface area contributed by atoms with Gasteiger partial charge in [-0.3, -0.25) is 0 Å². The molecular weight excluding hydrogens is 970 g/mol. The highest BCUT2D eigenvalue weighted by atomic mass is 28.3. The van der Waals surface area contributed by atoms with Crippen LogP contribution >= 0.6 is 0 Å². The summed E-state index contributed by atoms with van der Waals surface area (Å²) in [5, 5.41) is 5.79. The van der Waals surface area contributed by atoms with Gasteiger partial charge in [0.2, 0.25) is 0 Å². The molecule has 79 heavy (non-hydrogen) atoms. The third-order valence-corrected chi connectivity index (χ3v) is 24.7. The maximum absolute atomic E-state index is 3.01. The molecule has 1 aliphatic carbocycles. The number of hydrogen-bond donors (Lipinski definition) is 0. The van der Waals surface area contributed by atoms with Gasteiger partial charge in [-0.1, -0.05) is 228 Å². The Hall–Kier alpha value is -7.34. The second-order valence-corrected chi connectivity index (χ2v) is 31.0. The van der Waals surface area contributed by atoms with E-state index in [4.69, 9.17) is 0 Å². The predicted octanol–water partition coefficient (Wildman–Crippen LogP) is 14.8. The van der Waals surface area contributed by atoms with Crippen LogP contribution in [0.4, 0.5) is 45.5 Å². The van der Waals surface area contributed by atoms with Gasteiger partial charge in [0.25, 0.3) is 6.71 Å². The first-order valence-electron chi connectivity index (χ1n) is 29.3. The number of benzene rings is 9. The van der Waals surface area contributed by atoms with E-state index in [-0.39, 0.29) is 33.9 Å². The number of fused-ring (bicyclic) bond motifs is 3. The molecule has 1 saturated carbocycles. The van der Waals surface area contributed by atoms with Gasteiger partial charge in [-0.15, -0.1) is 0 Å². The number of nitrogens with zero attached hydrogens (tertiary/aromatic N) is 3. The van der Waals surface area contributed by atoms with Crippen LogP contribution in [0.5, 0.6) is 0 Å². The van der Waals surface area contributed by atoms with Gasteiger partial charge in [-0.2, -0.15) is 0 Å². The molecule has 2 unspecified atom stereocenters. The Morgan fingerprint density at radius 1 is 0.392 bits per heavy atom. The highest BCUT2D eigenvalue weighted by molar-refractivity contribution is 7.27. The molecule has 0 N–H and O–H groups in total. The fraction of sp³-hybridized carbons (Fsp3) is 0.270. The maximum Gasteiger partial charge on any atom is 0.251 e. The summed E-state index contributed by atoms with van der Waals surface area (Å²) in [5.41, 5.74) is 22.3. The molecule has 0 saturated heterocycles. The van der Waals surface area contributed by atoms with Crippen LogP contribution in [0, 0.1) is 0 Å². The monoisotopic (exact) mass is 1040 g/mol. The zero-order chi connectivity index (χ0) is 54.6. The van der Waals surface area contributed by atoms with E-state index in [1.807, 2.05) is 0 Å². The summed E-state index contributed by atoms with van der Waals surface area (Å²) in [6, 6.07) is 79.0. The van der Waals surface area contributed by atoms with Gasteiger partial charge in [0.15, 0.2) is 8.07 Å². The predicted molar refractivity (Wildman–Crippen MR) is 342 cm³/mol. The second-order valence-electron chi connectivity index (χ2n) is 27.3. The van der Waals surface area contributed by atoms with E-state index in [9.17, 15) is 0 Å². The van der Waals surface area contributed by atoms with Gasteiger partial charge in [0.1, 0.15) is 0 Å². The minimum atomic E-state index is -3.01. The molecule has 392 valence electrons. The van der Waals surface area contributed by atoms with Crippen molar-refractivity contribution >= 4 is 97.4 Å². The summed E-state index contributed by atoms with van der Waals surface area (Å²) in [6.45, 7) is 26.2. The van der Waals surface area contributed by atoms with E-state index in [0.717, 1.165) is 6.42 Å². The van der Waals surface area contributed by atoms with Gasteiger partial charge >= 0.3 is 0 Å². The molecule has 3 nitrogen and oxygen atoms in total. The molecule has 14 rings (SSSR count). The first kappa shape index (κ1) is 49.9. The van der Waals surface area contributed by atoms with Crippen molar-refractivity contribution in [1.82, 2.24) is 0 Å². The van der Waals surface area contributed by atoms with Crippen LogP contribution in [0.15, 0.2) is 200 Å². The molecule has 9 aromatic carbocycles. The Kier molecular flexibility index (Phi) is 11.0. The Morgan fingerprint density at radius 2 is 0.835 bits per heavy atom. The van der Waals surface area contributed by atoms with E-state index in [2.05, 4.69) is 291 Å². The molecule has 9 aromatic rings. The largest absolute Gasteiger partial charge is 0.334 e. The van der Waals surface area contributed by atoms with Crippen molar-refractivity contribution < 1.29 is 0 Å². The van der Waals surface area contributed by atoms with Gasteiger partial charge in [-0.05, 0) is 161 Å². The smallest absolute Gasteiger partial charge is 0.251 e. The van der Waals surface area contributed by atoms with Crippen LogP contribution in [-0.4, -0.2) is 20.3 Å². The third-order valence-electron chi connectivity index (χ3n) is 19.8. The van der Waals surface area contributed by atoms with Crippen LogP contribution in [0.25, 0.3) is 11.1 Å². The second kappa shape index (κ2) is 17.3. The summed E-state index contributed by atoms with van der Waals surface area (Å²) < 4.78 is 0. The maximum atomic E-state index is 2.83. The molecule has 0 amide bonds. The lowest BCUT2D eigenvalue weighted by molar-refractivity contribution is 0.195. The summed E-state index contributed by atoms with van der Waals surface area (Å²) in [6.07, 6.45) is 4.76. The minimum Gasteiger partial charge on any atom is -0.334 e. The fourth-order valence-corrected chi connectivity index (χ4v) is 20.7. The molecule has 5 aliphatic rings. The molecule has 4 aliphatic heterocycles.